The highest BCUT2D eigenvalue weighted by atomic mass is 16.3. The van der Waals surface area contributed by atoms with E-state index in [0.717, 1.165) is 35.7 Å². The van der Waals surface area contributed by atoms with E-state index >= 15 is 0 Å². The Morgan fingerprint density at radius 3 is 2.90 bits per heavy atom. The maximum Gasteiger partial charge on any atom is 0.132 e. The van der Waals surface area contributed by atoms with Gasteiger partial charge >= 0.3 is 0 Å². The quantitative estimate of drug-likeness (QED) is 0.710. The second-order valence-electron chi connectivity index (χ2n) is 5.38. The smallest absolute Gasteiger partial charge is 0.132 e. The van der Waals surface area contributed by atoms with Crippen molar-refractivity contribution in [3.8, 4) is 17.0 Å². The number of aromatic nitrogens is 2. The van der Waals surface area contributed by atoms with Crippen LogP contribution in [0, 0.1) is 0 Å². The number of nitrogens with zero attached hydrogens (tertiary/aromatic N) is 2. The average molecular weight is 284 g/mol. The van der Waals surface area contributed by atoms with Crippen molar-refractivity contribution in [2.24, 2.45) is 5.73 Å². The third kappa shape index (κ3) is 3.31. The minimum Gasteiger partial charge on any atom is -0.508 e. The molecule has 1 fully saturated rings. The largest absolute Gasteiger partial charge is 0.508 e. The molecular formula is C16H20N4O. The van der Waals surface area contributed by atoms with E-state index in [9.17, 15) is 5.11 Å². The summed E-state index contributed by atoms with van der Waals surface area (Å²) in [6, 6.07) is 7.17. The highest BCUT2D eigenvalue weighted by molar-refractivity contribution is 5.74. The average Bonchev–Trinajstić information content (AvgIpc) is 3.32. The molecule has 1 heterocycles. The van der Waals surface area contributed by atoms with E-state index < -0.39 is 0 Å². The van der Waals surface area contributed by atoms with Crippen molar-refractivity contribution in [1.29, 1.82) is 0 Å². The van der Waals surface area contributed by atoms with Crippen LogP contribution in [0.5, 0.6) is 5.75 Å². The highest BCUT2D eigenvalue weighted by Crippen LogP contribution is 2.39. The Balaban J connectivity index is 1.94. The summed E-state index contributed by atoms with van der Waals surface area (Å²) >= 11 is 0. The van der Waals surface area contributed by atoms with E-state index in [1.165, 1.54) is 12.8 Å². The lowest BCUT2D eigenvalue weighted by Crippen LogP contribution is -2.10. The van der Waals surface area contributed by atoms with Crippen LogP contribution in [-0.2, 0) is 0 Å². The molecule has 1 aliphatic rings. The molecule has 21 heavy (non-hydrogen) atoms. The molecule has 1 aromatic heterocycles. The van der Waals surface area contributed by atoms with Gasteiger partial charge in [-0.25, -0.2) is 9.97 Å². The molecule has 5 nitrogen and oxygen atoms in total. The Labute approximate surface area is 124 Å². The van der Waals surface area contributed by atoms with E-state index in [1.54, 1.807) is 12.1 Å². The van der Waals surface area contributed by atoms with Crippen molar-refractivity contribution in [3.05, 3.63) is 36.3 Å². The molecule has 0 saturated heterocycles. The molecule has 3 rings (SSSR count). The van der Waals surface area contributed by atoms with Gasteiger partial charge in [0.25, 0.3) is 0 Å². The van der Waals surface area contributed by atoms with Crippen LogP contribution in [0.15, 0.2) is 30.5 Å². The van der Waals surface area contributed by atoms with Gasteiger partial charge in [0.1, 0.15) is 11.6 Å². The van der Waals surface area contributed by atoms with Gasteiger partial charge in [0, 0.05) is 18.0 Å². The number of anilines is 1. The first-order valence-corrected chi connectivity index (χ1v) is 7.38. The van der Waals surface area contributed by atoms with E-state index in [1.807, 2.05) is 18.3 Å². The zero-order chi connectivity index (χ0) is 14.7. The van der Waals surface area contributed by atoms with Crippen LogP contribution in [0.1, 0.15) is 31.0 Å². The number of benzene rings is 1. The van der Waals surface area contributed by atoms with Crippen molar-refractivity contribution < 1.29 is 5.11 Å². The fraction of sp³-hybridized carbons (Fsp3) is 0.375. The van der Waals surface area contributed by atoms with Gasteiger partial charge in [-0.1, -0.05) is 12.1 Å². The number of hydrogen-bond donors (Lipinski definition) is 3. The van der Waals surface area contributed by atoms with E-state index in [0.29, 0.717) is 12.5 Å². The lowest BCUT2D eigenvalue weighted by atomic mass is 10.1. The summed E-state index contributed by atoms with van der Waals surface area (Å²) in [4.78, 5) is 9.17. The first kappa shape index (κ1) is 13.8. The molecule has 0 radical (unpaired) electrons. The Hall–Kier alpha value is -2.14. The van der Waals surface area contributed by atoms with Crippen LogP contribution in [0.3, 0.4) is 0 Å². The molecule has 5 heteroatoms. The molecule has 0 atom stereocenters. The molecule has 1 aromatic carbocycles. The summed E-state index contributed by atoms with van der Waals surface area (Å²) in [5, 5.41) is 13.0. The first-order chi connectivity index (χ1) is 10.3. The lowest BCUT2D eigenvalue weighted by molar-refractivity contribution is 0.475. The predicted molar refractivity (Wildman–Crippen MR) is 83.3 cm³/mol. The SMILES string of the molecule is NCCCNc1cnc(C2CC2)nc1-c1cccc(O)c1. The van der Waals surface area contributed by atoms with E-state index in [2.05, 4.69) is 10.3 Å². The van der Waals surface area contributed by atoms with Gasteiger partial charge in [-0.2, -0.15) is 0 Å². The van der Waals surface area contributed by atoms with Crippen LogP contribution in [0.25, 0.3) is 11.3 Å². The summed E-state index contributed by atoms with van der Waals surface area (Å²) in [7, 11) is 0. The molecule has 0 aliphatic heterocycles. The normalized spacial score (nSPS) is 14.1. The van der Waals surface area contributed by atoms with Gasteiger partial charge in [-0.3, -0.25) is 0 Å². The molecule has 0 bridgehead atoms. The van der Waals surface area contributed by atoms with Gasteiger partial charge in [0.2, 0.25) is 0 Å². The summed E-state index contributed by atoms with van der Waals surface area (Å²) in [5.74, 6) is 1.64. The van der Waals surface area contributed by atoms with Crippen molar-refractivity contribution in [2.45, 2.75) is 25.2 Å². The molecular weight excluding hydrogens is 264 g/mol. The van der Waals surface area contributed by atoms with Gasteiger partial charge in [-0.05, 0) is 37.9 Å². The minimum absolute atomic E-state index is 0.243. The zero-order valence-electron chi connectivity index (χ0n) is 11.9. The maximum absolute atomic E-state index is 9.69. The second-order valence-corrected chi connectivity index (χ2v) is 5.38. The van der Waals surface area contributed by atoms with Crippen molar-refractivity contribution in [3.63, 3.8) is 0 Å². The third-order valence-corrected chi connectivity index (χ3v) is 3.57. The number of nitrogens with two attached hydrogens (primary N) is 1. The molecule has 1 aliphatic carbocycles. The number of rotatable bonds is 6. The van der Waals surface area contributed by atoms with E-state index in [4.69, 9.17) is 10.7 Å². The molecule has 0 unspecified atom stereocenters. The summed E-state index contributed by atoms with van der Waals surface area (Å²) in [6.45, 7) is 1.43. The molecule has 4 N–H and O–H groups in total. The molecule has 2 aromatic rings. The monoisotopic (exact) mass is 284 g/mol. The lowest BCUT2D eigenvalue weighted by Gasteiger charge is -2.12. The van der Waals surface area contributed by atoms with Crippen LogP contribution in [-0.4, -0.2) is 28.2 Å². The molecule has 110 valence electrons. The number of nitrogens with one attached hydrogen (secondary N) is 1. The summed E-state index contributed by atoms with van der Waals surface area (Å²) in [5.41, 5.74) is 8.16. The van der Waals surface area contributed by atoms with Crippen molar-refractivity contribution >= 4 is 5.69 Å². The predicted octanol–water partition coefficient (Wildman–Crippen LogP) is 2.49. The fourth-order valence-corrected chi connectivity index (χ4v) is 2.26. The van der Waals surface area contributed by atoms with E-state index in [-0.39, 0.29) is 5.75 Å². The van der Waals surface area contributed by atoms with Gasteiger partial charge in [-0.15, -0.1) is 0 Å². The fourth-order valence-electron chi connectivity index (χ4n) is 2.26. The summed E-state index contributed by atoms with van der Waals surface area (Å²) < 4.78 is 0. The van der Waals surface area contributed by atoms with Gasteiger partial charge in [0.05, 0.1) is 17.6 Å². The first-order valence-electron chi connectivity index (χ1n) is 7.38. The highest BCUT2D eigenvalue weighted by Gasteiger charge is 2.27. The van der Waals surface area contributed by atoms with Crippen LogP contribution in [0.4, 0.5) is 5.69 Å². The zero-order valence-corrected chi connectivity index (χ0v) is 11.9. The van der Waals surface area contributed by atoms with Crippen LogP contribution >= 0.6 is 0 Å². The number of phenols is 1. The Bertz CT molecular complexity index is 625. The second kappa shape index (κ2) is 6.10. The van der Waals surface area contributed by atoms with Gasteiger partial charge in [0.15, 0.2) is 0 Å². The maximum atomic E-state index is 9.69. The van der Waals surface area contributed by atoms with Crippen molar-refractivity contribution in [1.82, 2.24) is 9.97 Å². The Morgan fingerprint density at radius 1 is 1.33 bits per heavy atom. The standard InChI is InChI=1S/C16H20N4O/c17-7-2-8-18-14-10-19-16(11-5-6-11)20-15(14)12-3-1-4-13(21)9-12/h1,3-4,9-11,18,21H,2,5-8,17H2. The summed E-state index contributed by atoms with van der Waals surface area (Å²) in [6.07, 6.45) is 5.07. The van der Waals surface area contributed by atoms with Crippen LogP contribution in [0.2, 0.25) is 0 Å². The Morgan fingerprint density at radius 2 is 2.19 bits per heavy atom. The Kier molecular flexibility index (Phi) is 4.01. The molecule has 0 amide bonds. The number of phenolic OH excluding ortho intramolecular Hbond substituents is 1. The third-order valence-electron chi connectivity index (χ3n) is 3.57. The number of aromatic hydroxyl groups is 1. The molecule has 1 saturated carbocycles. The van der Waals surface area contributed by atoms with Crippen LogP contribution < -0.4 is 11.1 Å². The number of hydrogen-bond acceptors (Lipinski definition) is 5. The topological polar surface area (TPSA) is 84.1 Å². The molecule has 0 spiro atoms. The van der Waals surface area contributed by atoms with Crippen molar-refractivity contribution in [2.75, 3.05) is 18.4 Å². The minimum atomic E-state index is 0.243. The van der Waals surface area contributed by atoms with Gasteiger partial charge < -0.3 is 16.2 Å².